The van der Waals surface area contributed by atoms with Gasteiger partial charge in [0.15, 0.2) is 0 Å². The van der Waals surface area contributed by atoms with Gasteiger partial charge in [-0.05, 0) is 36.5 Å². The predicted octanol–water partition coefficient (Wildman–Crippen LogP) is 4.82. The monoisotopic (exact) mass is 253 g/mol. The third-order valence-corrected chi connectivity index (χ3v) is 3.68. The van der Waals surface area contributed by atoms with Gasteiger partial charge in [-0.2, -0.15) is 0 Å². The van der Waals surface area contributed by atoms with Crippen LogP contribution in [0.5, 0.6) is 0 Å². The van der Waals surface area contributed by atoms with Crippen LogP contribution in [-0.2, 0) is 0 Å². The molecule has 2 unspecified atom stereocenters. The zero-order valence-corrected chi connectivity index (χ0v) is 12.3. The summed E-state index contributed by atoms with van der Waals surface area (Å²) in [5, 5.41) is 4.50. The van der Waals surface area contributed by atoms with Gasteiger partial charge in [-0.25, -0.2) is 0 Å². The Labute approximate surface area is 111 Å². The minimum atomic E-state index is 0.278. The first-order chi connectivity index (χ1) is 7.84. The van der Waals surface area contributed by atoms with Crippen molar-refractivity contribution in [2.24, 2.45) is 5.41 Å². The highest BCUT2D eigenvalue weighted by atomic mass is 35.5. The van der Waals surface area contributed by atoms with Crippen molar-refractivity contribution in [2.45, 2.75) is 53.1 Å². The van der Waals surface area contributed by atoms with Gasteiger partial charge in [0.05, 0.1) is 0 Å². The summed E-state index contributed by atoms with van der Waals surface area (Å²) >= 11 is 5.92. The number of nitrogens with one attached hydrogen (secondary N) is 1. The average molecular weight is 254 g/mol. The molecule has 0 aliphatic carbocycles. The SMILES string of the molecule is CCC(NC(C)C(C)(C)C)c1ccc(Cl)cc1. The lowest BCUT2D eigenvalue weighted by Crippen LogP contribution is -2.39. The number of rotatable bonds is 4. The summed E-state index contributed by atoms with van der Waals surface area (Å²) in [6, 6.07) is 9.02. The number of hydrogen-bond acceptors (Lipinski definition) is 1. The van der Waals surface area contributed by atoms with E-state index in [1.165, 1.54) is 5.56 Å². The average Bonchev–Trinajstić information content (AvgIpc) is 2.25. The Morgan fingerprint density at radius 1 is 1.18 bits per heavy atom. The van der Waals surface area contributed by atoms with Gasteiger partial charge in [-0.3, -0.25) is 0 Å². The largest absolute Gasteiger partial charge is 0.307 e. The Balaban J connectivity index is 2.75. The Hall–Kier alpha value is -0.530. The molecule has 96 valence electrons. The van der Waals surface area contributed by atoms with Crippen LogP contribution in [0.1, 0.15) is 52.6 Å². The summed E-state index contributed by atoms with van der Waals surface area (Å²) in [7, 11) is 0. The topological polar surface area (TPSA) is 12.0 Å². The van der Waals surface area contributed by atoms with Gasteiger partial charge in [0.25, 0.3) is 0 Å². The third-order valence-electron chi connectivity index (χ3n) is 3.43. The molecule has 0 aliphatic rings. The molecule has 0 radical (unpaired) electrons. The van der Waals surface area contributed by atoms with Crippen LogP contribution < -0.4 is 5.32 Å². The number of halogens is 1. The molecule has 17 heavy (non-hydrogen) atoms. The fourth-order valence-electron chi connectivity index (χ4n) is 1.70. The van der Waals surface area contributed by atoms with Gasteiger partial charge in [-0.1, -0.05) is 51.4 Å². The van der Waals surface area contributed by atoms with Crippen LogP contribution >= 0.6 is 11.6 Å². The molecule has 0 aliphatic heterocycles. The zero-order chi connectivity index (χ0) is 13.1. The van der Waals surface area contributed by atoms with Gasteiger partial charge in [-0.15, -0.1) is 0 Å². The van der Waals surface area contributed by atoms with Crippen LogP contribution in [0.2, 0.25) is 5.02 Å². The fourth-order valence-corrected chi connectivity index (χ4v) is 1.82. The third kappa shape index (κ3) is 4.33. The Morgan fingerprint density at radius 2 is 1.71 bits per heavy atom. The molecule has 1 aromatic rings. The van der Waals surface area contributed by atoms with Gasteiger partial charge >= 0.3 is 0 Å². The van der Waals surface area contributed by atoms with Crippen LogP contribution in [0, 0.1) is 5.41 Å². The Morgan fingerprint density at radius 3 is 2.12 bits per heavy atom. The summed E-state index contributed by atoms with van der Waals surface area (Å²) in [4.78, 5) is 0. The summed E-state index contributed by atoms with van der Waals surface area (Å²) < 4.78 is 0. The van der Waals surface area contributed by atoms with Crippen LogP contribution in [0.15, 0.2) is 24.3 Å². The molecular weight excluding hydrogens is 230 g/mol. The Kier molecular flexibility index (Phi) is 5.03. The highest BCUT2D eigenvalue weighted by molar-refractivity contribution is 6.30. The van der Waals surface area contributed by atoms with E-state index in [0.717, 1.165) is 11.4 Å². The van der Waals surface area contributed by atoms with E-state index in [1.807, 2.05) is 12.1 Å². The lowest BCUT2D eigenvalue weighted by molar-refractivity contribution is 0.260. The maximum absolute atomic E-state index is 5.92. The summed E-state index contributed by atoms with van der Waals surface area (Å²) in [6.45, 7) is 11.2. The summed E-state index contributed by atoms with van der Waals surface area (Å²) in [5.41, 5.74) is 1.59. The van der Waals surface area contributed by atoms with E-state index < -0.39 is 0 Å². The van der Waals surface area contributed by atoms with Crippen molar-refractivity contribution in [3.8, 4) is 0 Å². The van der Waals surface area contributed by atoms with Gasteiger partial charge < -0.3 is 5.32 Å². The molecule has 2 heteroatoms. The molecule has 0 heterocycles. The molecule has 0 spiro atoms. The predicted molar refractivity (Wildman–Crippen MR) is 76.5 cm³/mol. The first-order valence-electron chi connectivity index (χ1n) is 6.36. The first-order valence-corrected chi connectivity index (χ1v) is 6.74. The van der Waals surface area contributed by atoms with E-state index in [4.69, 9.17) is 11.6 Å². The second-order valence-corrected chi connectivity index (χ2v) is 6.20. The molecule has 0 bridgehead atoms. The minimum absolute atomic E-state index is 0.278. The van der Waals surface area contributed by atoms with Crippen molar-refractivity contribution < 1.29 is 0 Å². The molecule has 1 nitrogen and oxygen atoms in total. The van der Waals surface area contributed by atoms with Gasteiger partial charge in [0.2, 0.25) is 0 Å². The second-order valence-electron chi connectivity index (χ2n) is 5.77. The highest BCUT2D eigenvalue weighted by Crippen LogP contribution is 2.25. The quantitative estimate of drug-likeness (QED) is 0.812. The van der Waals surface area contributed by atoms with Crippen molar-refractivity contribution in [1.29, 1.82) is 0 Å². The molecule has 0 saturated carbocycles. The van der Waals surface area contributed by atoms with Crippen LogP contribution in [0.4, 0.5) is 0 Å². The molecule has 0 fully saturated rings. The first kappa shape index (κ1) is 14.5. The maximum atomic E-state index is 5.92. The smallest absolute Gasteiger partial charge is 0.0406 e. The van der Waals surface area contributed by atoms with Crippen LogP contribution in [0.3, 0.4) is 0 Å². The van der Waals surface area contributed by atoms with E-state index in [9.17, 15) is 0 Å². The molecule has 1 rings (SSSR count). The van der Waals surface area contributed by atoms with Crippen molar-refractivity contribution in [3.05, 3.63) is 34.9 Å². The lowest BCUT2D eigenvalue weighted by atomic mass is 9.87. The van der Waals surface area contributed by atoms with Crippen molar-refractivity contribution in [3.63, 3.8) is 0 Å². The molecule has 0 saturated heterocycles. The van der Waals surface area contributed by atoms with Crippen LogP contribution in [0.25, 0.3) is 0 Å². The maximum Gasteiger partial charge on any atom is 0.0406 e. The van der Waals surface area contributed by atoms with Crippen molar-refractivity contribution in [1.82, 2.24) is 5.32 Å². The van der Waals surface area contributed by atoms with Gasteiger partial charge in [0, 0.05) is 17.1 Å². The van der Waals surface area contributed by atoms with E-state index in [1.54, 1.807) is 0 Å². The molecule has 1 aromatic carbocycles. The van der Waals surface area contributed by atoms with E-state index >= 15 is 0 Å². The minimum Gasteiger partial charge on any atom is -0.307 e. The molecule has 0 amide bonds. The Bertz CT molecular complexity index is 337. The number of hydrogen-bond donors (Lipinski definition) is 1. The lowest BCUT2D eigenvalue weighted by Gasteiger charge is -2.32. The summed E-state index contributed by atoms with van der Waals surface area (Å²) in [6.07, 6.45) is 1.09. The van der Waals surface area contributed by atoms with Crippen molar-refractivity contribution in [2.75, 3.05) is 0 Å². The van der Waals surface area contributed by atoms with Crippen molar-refractivity contribution >= 4 is 11.6 Å². The highest BCUT2D eigenvalue weighted by Gasteiger charge is 2.22. The normalized spacial score (nSPS) is 15.6. The fraction of sp³-hybridized carbons (Fsp3) is 0.600. The molecule has 0 aromatic heterocycles. The van der Waals surface area contributed by atoms with Gasteiger partial charge in [0.1, 0.15) is 0 Å². The molecular formula is C15H24ClN. The van der Waals surface area contributed by atoms with E-state index in [2.05, 4.69) is 52.1 Å². The summed E-state index contributed by atoms with van der Waals surface area (Å²) in [5.74, 6) is 0. The second kappa shape index (κ2) is 5.88. The zero-order valence-electron chi connectivity index (χ0n) is 11.5. The van der Waals surface area contributed by atoms with E-state index in [-0.39, 0.29) is 5.41 Å². The van der Waals surface area contributed by atoms with E-state index in [0.29, 0.717) is 12.1 Å². The van der Waals surface area contributed by atoms with Crippen LogP contribution in [-0.4, -0.2) is 6.04 Å². The molecule has 1 N–H and O–H groups in total. The number of benzene rings is 1. The standard InChI is InChI=1S/C15H24ClN/c1-6-14(17-11(2)15(3,4)5)12-7-9-13(16)10-8-12/h7-11,14,17H,6H2,1-5H3. The molecule has 2 atom stereocenters.